The van der Waals surface area contributed by atoms with E-state index in [1.807, 2.05) is 41.3 Å². The topological polar surface area (TPSA) is 49.4 Å². The molecule has 4 rings (SSSR count). The maximum atomic E-state index is 12.7. The summed E-state index contributed by atoms with van der Waals surface area (Å²) in [6.07, 6.45) is 1.12. The van der Waals surface area contributed by atoms with Crippen molar-refractivity contribution in [1.29, 1.82) is 0 Å². The number of amides is 2. The molecule has 1 aliphatic rings. The first-order valence-electron chi connectivity index (χ1n) is 9.71. The van der Waals surface area contributed by atoms with E-state index in [0.29, 0.717) is 13.1 Å². The average Bonchev–Trinajstić information content (AvgIpc) is 2.72. The molecule has 0 radical (unpaired) electrons. The zero-order valence-electron chi connectivity index (χ0n) is 16.0. The Labute approximate surface area is 165 Å². The van der Waals surface area contributed by atoms with E-state index in [1.165, 1.54) is 16.3 Å². The summed E-state index contributed by atoms with van der Waals surface area (Å²) < 4.78 is 0. The van der Waals surface area contributed by atoms with Gasteiger partial charge in [-0.1, -0.05) is 60.7 Å². The second kappa shape index (κ2) is 7.85. The zero-order chi connectivity index (χ0) is 19.5. The van der Waals surface area contributed by atoms with Crippen molar-refractivity contribution in [3.8, 4) is 0 Å². The molecule has 0 fully saturated rings. The number of fused-ring (bicyclic) bond motifs is 2. The molecule has 0 spiro atoms. The van der Waals surface area contributed by atoms with Crippen LogP contribution in [-0.2, 0) is 22.6 Å². The summed E-state index contributed by atoms with van der Waals surface area (Å²) in [4.78, 5) is 26.6. The predicted molar refractivity (Wildman–Crippen MR) is 111 cm³/mol. The van der Waals surface area contributed by atoms with Gasteiger partial charge in [0.15, 0.2) is 0 Å². The third-order valence-electron chi connectivity index (χ3n) is 5.50. The fourth-order valence-electron chi connectivity index (χ4n) is 4.05. The highest BCUT2D eigenvalue weighted by atomic mass is 16.2. The summed E-state index contributed by atoms with van der Waals surface area (Å²) in [5.74, 6) is -0.0251. The van der Waals surface area contributed by atoms with Gasteiger partial charge in [0.2, 0.25) is 11.8 Å². The molecule has 142 valence electrons. The van der Waals surface area contributed by atoms with Gasteiger partial charge in [-0.25, -0.2) is 0 Å². The van der Waals surface area contributed by atoms with E-state index in [2.05, 4.69) is 35.6 Å². The number of hydrogen-bond acceptors (Lipinski definition) is 2. The van der Waals surface area contributed by atoms with E-state index in [0.717, 1.165) is 17.5 Å². The molecule has 0 saturated carbocycles. The van der Waals surface area contributed by atoms with Gasteiger partial charge in [-0.3, -0.25) is 9.59 Å². The quantitative estimate of drug-likeness (QED) is 0.753. The Bertz CT molecular complexity index is 1030. The molecule has 3 aromatic rings. The van der Waals surface area contributed by atoms with Crippen LogP contribution in [0.2, 0.25) is 0 Å². The molecule has 4 nitrogen and oxygen atoms in total. The van der Waals surface area contributed by atoms with Crippen molar-refractivity contribution < 1.29 is 9.59 Å². The first-order chi connectivity index (χ1) is 13.6. The van der Waals surface area contributed by atoms with Crippen molar-refractivity contribution >= 4 is 22.6 Å². The summed E-state index contributed by atoms with van der Waals surface area (Å²) in [5, 5.41) is 5.38. The molecule has 1 N–H and O–H groups in total. The van der Waals surface area contributed by atoms with Crippen LogP contribution in [0.5, 0.6) is 0 Å². The van der Waals surface area contributed by atoms with Crippen LogP contribution in [0.25, 0.3) is 10.8 Å². The van der Waals surface area contributed by atoms with Crippen molar-refractivity contribution in [2.24, 2.45) is 0 Å². The molecule has 0 unspecified atom stereocenters. The zero-order valence-corrected chi connectivity index (χ0v) is 16.0. The third-order valence-corrected chi connectivity index (χ3v) is 5.50. The molecule has 3 aromatic carbocycles. The fourth-order valence-corrected chi connectivity index (χ4v) is 4.05. The molecule has 0 aromatic heterocycles. The molecule has 0 aliphatic carbocycles. The van der Waals surface area contributed by atoms with Crippen molar-refractivity contribution in [2.75, 3.05) is 6.54 Å². The average molecular weight is 372 g/mol. The van der Waals surface area contributed by atoms with E-state index < -0.39 is 0 Å². The van der Waals surface area contributed by atoms with E-state index in [1.54, 1.807) is 6.92 Å². The summed E-state index contributed by atoms with van der Waals surface area (Å²) >= 11 is 0. The Kier molecular flexibility index (Phi) is 5.11. The fraction of sp³-hybridized carbons (Fsp3) is 0.250. The number of carbonyl (C=O) groups is 2. The lowest BCUT2D eigenvalue weighted by Crippen LogP contribution is -2.41. The Morgan fingerprint density at radius 3 is 2.57 bits per heavy atom. The number of rotatable bonds is 4. The Morgan fingerprint density at radius 1 is 1.00 bits per heavy atom. The van der Waals surface area contributed by atoms with Crippen molar-refractivity contribution in [1.82, 2.24) is 10.2 Å². The number of benzene rings is 3. The van der Waals surface area contributed by atoms with Crippen LogP contribution in [0.1, 0.15) is 36.1 Å². The van der Waals surface area contributed by atoms with Crippen molar-refractivity contribution in [3.05, 3.63) is 83.4 Å². The largest absolute Gasteiger partial charge is 0.352 e. The predicted octanol–water partition coefficient (Wildman–Crippen LogP) is 3.99. The van der Waals surface area contributed by atoms with Gasteiger partial charge < -0.3 is 10.2 Å². The van der Waals surface area contributed by atoms with E-state index in [9.17, 15) is 9.59 Å². The SMILES string of the molecule is CC(=O)N1CCc2ccccc2[C@H]1CC(=O)NCc1ccc2ccccc2c1. The number of carbonyl (C=O) groups excluding carboxylic acids is 2. The lowest BCUT2D eigenvalue weighted by atomic mass is 9.90. The minimum atomic E-state index is -0.195. The minimum absolute atomic E-state index is 0.0156. The second-order valence-corrected chi connectivity index (χ2v) is 7.34. The van der Waals surface area contributed by atoms with Gasteiger partial charge in [-0.15, -0.1) is 0 Å². The number of hydrogen-bond donors (Lipinski definition) is 1. The lowest BCUT2D eigenvalue weighted by molar-refractivity contribution is -0.133. The van der Waals surface area contributed by atoms with Crippen LogP contribution >= 0.6 is 0 Å². The molecule has 2 amide bonds. The van der Waals surface area contributed by atoms with E-state index in [4.69, 9.17) is 0 Å². The number of nitrogens with zero attached hydrogens (tertiary/aromatic N) is 1. The second-order valence-electron chi connectivity index (χ2n) is 7.34. The normalized spacial score (nSPS) is 15.9. The van der Waals surface area contributed by atoms with Crippen LogP contribution in [0.15, 0.2) is 66.7 Å². The standard InChI is InChI=1S/C24H24N2O2/c1-17(27)26-13-12-20-7-4-5-9-22(20)23(26)15-24(28)25-16-18-10-11-19-6-2-3-8-21(19)14-18/h2-11,14,23H,12-13,15-16H2,1H3,(H,25,28)/t23-/m1/s1. The molecule has 28 heavy (non-hydrogen) atoms. The monoisotopic (exact) mass is 372 g/mol. The van der Waals surface area contributed by atoms with Gasteiger partial charge >= 0.3 is 0 Å². The first kappa shape index (κ1) is 18.2. The van der Waals surface area contributed by atoms with Gasteiger partial charge in [-0.2, -0.15) is 0 Å². The van der Waals surface area contributed by atoms with Gasteiger partial charge in [0.25, 0.3) is 0 Å². The Hall–Kier alpha value is -3.14. The molecular weight excluding hydrogens is 348 g/mol. The van der Waals surface area contributed by atoms with Gasteiger partial charge in [0, 0.05) is 20.0 Å². The highest BCUT2D eigenvalue weighted by molar-refractivity contribution is 5.83. The summed E-state index contributed by atoms with van der Waals surface area (Å²) in [6.45, 7) is 2.72. The minimum Gasteiger partial charge on any atom is -0.352 e. The van der Waals surface area contributed by atoms with Crippen molar-refractivity contribution in [2.45, 2.75) is 32.4 Å². The van der Waals surface area contributed by atoms with E-state index >= 15 is 0 Å². The van der Waals surface area contributed by atoms with Crippen LogP contribution in [0.3, 0.4) is 0 Å². The Morgan fingerprint density at radius 2 is 1.75 bits per heavy atom. The molecule has 1 atom stereocenters. The molecular formula is C24H24N2O2. The summed E-state index contributed by atoms with van der Waals surface area (Å²) in [5.41, 5.74) is 3.39. The van der Waals surface area contributed by atoms with Crippen molar-refractivity contribution in [3.63, 3.8) is 0 Å². The molecule has 1 heterocycles. The maximum absolute atomic E-state index is 12.7. The molecule has 1 aliphatic heterocycles. The third kappa shape index (κ3) is 3.77. The smallest absolute Gasteiger partial charge is 0.222 e. The lowest BCUT2D eigenvalue weighted by Gasteiger charge is -2.36. The Balaban J connectivity index is 1.46. The van der Waals surface area contributed by atoms with Crippen LogP contribution in [-0.4, -0.2) is 23.3 Å². The first-order valence-corrected chi connectivity index (χ1v) is 9.71. The molecule has 0 bridgehead atoms. The summed E-state index contributed by atoms with van der Waals surface area (Å²) in [6, 6.07) is 22.3. The maximum Gasteiger partial charge on any atom is 0.222 e. The highest BCUT2D eigenvalue weighted by Gasteiger charge is 2.30. The molecule has 4 heteroatoms. The number of nitrogens with one attached hydrogen (secondary N) is 1. The highest BCUT2D eigenvalue weighted by Crippen LogP contribution is 2.32. The van der Waals surface area contributed by atoms with E-state index in [-0.39, 0.29) is 24.3 Å². The van der Waals surface area contributed by atoms with Gasteiger partial charge in [0.1, 0.15) is 0 Å². The van der Waals surface area contributed by atoms with Gasteiger partial charge in [-0.05, 0) is 39.9 Å². The van der Waals surface area contributed by atoms with Crippen LogP contribution in [0.4, 0.5) is 0 Å². The van der Waals surface area contributed by atoms with Crippen LogP contribution < -0.4 is 5.32 Å². The molecule has 0 saturated heterocycles. The van der Waals surface area contributed by atoms with Gasteiger partial charge in [0.05, 0.1) is 12.5 Å². The summed E-state index contributed by atoms with van der Waals surface area (Å²) in [7, 11) is 0. The van der Waals surface area contributed by atoms with Crippen LogP contribution in [0, 0.1) is 0 Å².